The number of nitrogen functional groups attached to an aromatic ring is 1. The largest absolute Gasteiger partial charge is 0.396 e. The standard InChI is InChI=1S/C14H14BrFN2O.C2H6/c15-12-7-10(8-17)14(18)13(16)11(12)2-1-9-3-5-19-6-4-9;1-2/h7-9,17H,3-6,18H2;1-2H3. The summed E-state index contributed by atoms with van der Waals surface area (Å²) in [7, 11) is 0. The van der Waals surface area contributed by atoms with Crippen molar-refractivity contribution in [2.45, 2.75) is 26.7 Å². The number of anilines is 1. The molecule has 1 aliphatic heterocycles. The molecule has 0 radical (unpaired) electrons. The van der Waals surface area contributed by atoms with Crippen LogP contribution in [0.15, 0.2) is 10.5 Å². The van der Waals surface area contributed by atoms with Crippen molar-refractivity contribution in [1.29, 1.82) is 5.41 Å². The summed E-state index contributed by atoms with van der Waals surface area (Å²) in [4.78, 5) is 0. The van der Waals surface area contributed by atoms with Crippen LogP contribution in [-0.4, -0.2) is 19.4 Å². The second-order valence-electron chi connectivity index (χ2n) is 4.35. The number of hydrogen-bond acceptors (Lipinski definition) is 3. The Bertz CT molecular complexity index is 558. The van der Waals surface area contributed by atoms with Gasteiger partial charge in [0.05, 0.1) is 11.3 Å². The minimum absolute atomic E-state index is 0.0329. The number of rotatable bonds is 1. The molecule has 1 aromatic carbocycles. The Labute approximate surface area is 133 Å². The molecule has 0 unspecified atom stereocenters. The Kier molecular flexibility index (Phi) is 7.41. The van der Waals surface area contributed by atoms with Gasteiger partial charge in [0.25, 0.3) is 0 Å². The van der Waals surface area contributed by atoms with Crippen LogP contribution in [0.5, 0.6) is 0 Å². The van der Waals surface area contributed by atoms with Crippen molar-refractivity contribution < 1.29 is 9.13 Å². The smallest absolute Gasteiger partial charge is 0.163 e. The van der Waals surface area contributed by atoms with Crippen LogP contribution in [0.2, 0.25) is 0 Å². The van der Waals surface area contributed by atoms with Crippen molar-refractivity contribution in [3.63, 3.8) is 0 Å². The van der Waals surface area contributed by atoms with Gasteiger partial charge in [-0.1, -0.05) is 25.7 Å². The van der Waals surface area contributed by atoms with Crippen LogP contribution in [0.25, 0.3) is 0 Å². The van der Waals surface area contributed by atoms with Crippen molar-refractivity contribution in [3.8, 4) is 11.8 Å². The van der Waals surface area contributed by atoms with Crippen LogP contribution in [-0.2, 0) is 4.74 Å². The molecule has 114 valence electrons. The number of halogens is 2. The molecule has 5 heteroatoms. The predicted octanol–water partition coefficient (Wildman–Crippen LogP) is 3.97. The molecule has 0 saturated carbocycles. The maximum Gasteiger partial charge on any atom is 0.163 e. The van der Waals surface area contributed by atoms with Crippen LogP contribution in [0.4, 0.5) is 10.1 Å². The van der Waals surface area contributed by atoms with Crippen molar-refractivity contribution in [2.75, 3.05) is 18.9 Å². The molecule has 3 N–H and O–H groups in total. The zero-order chi connectivity index (χ0) is 15.8. The first-order valence-electron chi connectivity index (χ1n) is 7.00. The van der Waals surface area contributed by atoms with Gasteiger partial charge in [0.1, 0.15) is 0 Å². The molecule has 3 nitrogen and oxygen atoms in total. The maximum atomic E-state index is 14.1. The van der Waals surface area contributed by atoms with Gasteiger partial charge in [0.2, 0.25) is 0 Å². The van der Waals surface area contributed by atoms with Gasteiger partial charge in [-0.3, -0.25) is 0 Å². The zero-order valence-corrected chi connectivity index (χ0v) is 13.9. The first-order valence-corrected chi connectivity index (χ1v) is 7.80. The van der Waals surface area contributed by atoms with Crippen molar-refractivity contribution in [3.05, 3.63) is 27.5 Å². The quantitative estimate of drug-likeness (QED) is 0.455. The fourth-order valence-corrected chi connectivity index (χ4v) is 2.42. The van der Waals surface area contributed by atoms with E-state index in [0.717, 1.165) is 19.1 Å². The molecule has 0 spiro atoms. The lowest BCUT2D eigenvalue weighted by atomic mass is 10.0. The molecule has 1 aliphatic rings. The third-order valence-electron chi connectivity index (χ3n) is 3.07. The molecule has 0 aliphatic carbocycles. The minimum atomic E-state index is -0.563. The monoisotopic (exact) mass is 354 g/mol. The van der Waals surface area contributed by atoms with Crippen molar-refractivity contribution >= 4 is 27.8 Å². The molecule has 2 rings (SSSR count). The molecular weight excluding hydrogens is 335 g/mol. The highest BCUT2D eigenvalue weighted by Crippen LogP contribution is 2.27. The first-order chi connectivity index (χ1) is 10.1. The number of benzene rings is 1. The second-order valence-corrected chi connectivity index (χ2v) is 5.20. The van der Waals surface area contributed by atoms with E-state index >= 15 is 0 Å². The van der Waals surface area contributed by atoms with Gasteiger partial charge in [-0.05, 0) is 34.8 Å². The normalized spacial score (nSPS) is 14.5. The summed E-state index contributed by atoms with van der Waals surface area (Å²) in [5, 5.41) is 7.17. The molecule has 0 bridgehead atoms. The van der Waals surface area contributed by atoms with Crippen LogP contribution in [0.1, 0.15) is 37.8 Å². The molecule has 1 fully saturated rings. The van der Waals surface area contributed by atoms with E-state index in [2.05, 4.69) is 27.8 Å². The second kappa shape index (κ2) is 8.81. The van der Waals surface area contributed by atoms with E-state index in [1.165, 1.54) is 0 Å². The fourth-order valence-electron chi connectivity index (χ4n) is 1.90. The summed E-state index contributed by atoms with van der Waals surface area (Å²) in [5.74, 6) is 5.61. The molecular formula is C16H20BrFN2O. The van der Waals surface area contributed by atoms with Crippen LogP contribution in [0.3, 0.4) is 0 Å². The van der Waals surface area contributed by atoms with Gasteiger partial charge < -0.3 is 15.9 Å². The van der Waals surface area contributed by atoms with Crippen LogP contribution < -0.4 is 5.73 Å². The Morgan fingerprint density at radius 1 is 1.43 bits per heavy atom. The van der Waals surface area contributed by atoms with E-state index in [4.69, 9.17) is 15.9 Å². The average molecular weight is 355 g/mol. The van der Waals surface area contributed by atoms with E-state index in [-0.39, 0.29) is 17.2 Å². The summed E-state index contributed by atoms with van der Waals surface area (Å²) in [6, 6.07) is 1.61. The third-order valence-corrected chi connectivity index (χ3v) is 3.69. The lowest BCUT2D eigenvalue weighted by molar-refractivity contribution is 0.0807. The van der Waals surface area contributed by atoms with Crippen molar-refractivity contribution in [1.82, 2.24) is 0 Å². The van der Waals surface area contributed by atoms with Gasteiger partial charge in [0.15, 0.2) is 5.82 Å². The SMILES string of the molecule is CC.N=Cc1cc(Br)c(C#CC2CCOCC2)c(F)c1N. The Morgan fingerprint density at radius 3 is 2.62 bits per heavy atom. The minimum Gasteiger partial charge on any atom is -0.396 e. The number of ether oxygens (including phenoxy) is 1. The molecule has 1 heterocycles. The molecule has 1 aromatic rings. The van der Waals surface area contributed by atoms with Crippen molar-refractivity contribution in [2.24, 2.45) is 5.92 Å². The predicted molar refractivity (Wildman–Crippen MR) is 88.2 cm³/mol. The number of hydrogen-bond donors (Lipinski definition) is 2. The summed E-state index contributed by atoms with van der Waals surface area (Å²) in [5.41, 5.74) is 6.21. The molecule has 0 aromatic heterocycles. The first kappa shape index (κ1) is 17.7. The lowest BCUT2D eigenvalue weighted by Crippen LogP contribution is -2.14. The Morgan fingerprint density at radius 2 is 2.05 bits per heavy atom. The maximum absolute atomic E-state index is 14.1. The van der Waals surface area contributed by atoms with E-state index in [0.29, 0.717) is 23.2 Å². The van der Waals surface area contributed by atoms with E-state index in [1.54, 1.807) is 6.07 Å². The van der Waals surface area contributed by atoms with Gasteiger partial charge in [-0.2, -0.15) is 0 Å². The molecule has 0 amide bonds. The highest BCUT2D eigenvalue weighted by molar-refractivity contribution is 9.10. The molecule has 21 heavy (non-hydrogen) atoms. The summed E-state index contributed by atoms with van der Waals surface area (Å²) in [6.07, 6.45) is 2.78. The van der Waals surface area contributed by atoms with E-state index < -0.39 is 5.82 Å². The number of nitrogens with one attached hydrogen (secondary N) is 1. The molecule has 0 atom stereocenters. The van der Waals surface area contributed by atoms with Gasteiger partial charge in [0, 0.05) is 35.4 Å². The van der Waals surface area contributed by atoms with E-state index in [1.807, 2.05) is 13.8 Å². The Hall–Kier alpha value is -1.38. The van der Waals surface area contributed by atoms with E-state index in [9.17, 15) is 4.39 Å². The number of nitrogens with two attached hydrogens (primary N) is 1. The van der Waals surface area contributed by atoms with Gasteiger partial charge >= 0.3 is 0 Å². The van der Waals surface area contributed by atoms with Crippen LogP contribution in [0, 0.1) is 29.0 Å². The lowest BCUT2D eigenvalue weighted by Gasteiger charge is -2.16. The zero-order valence-electron chi connectivity index (χ0n) is 12.3. The highest BCUT2D eigenvalue weighted by Gasteiger charge is 2.14. The third kappa shape index (κ3) is 4.55. The van der Waals surface area contributed by atoms with Gasteiger partial charge in [-0.15, -0.1) is 0 Å². The fraction of sp³-hybridized carbons (Fsp3) is 0.438. The Balaban J connectivity index is 0.00000106. The topological polar surface area (TPSA) is 59.1 Å². The summed E-state index contributed by atoms with van der Waals surface area (Å²) in [6.45, 7) is 5.41. The van der Waals surface area contributed by atoms with Gasteiger partial charge in [-0.25, -0.2) is 4.39 Å². The van der Waals surface area contributed by atoms with Crippen LogP contribution >= 0.6 is 15.9 Å². The summed E-state index contributed by atoms with van der Waals surface area (Å²) < 4.78 is 19.9. The molecule has 1 saturated heterocycles. The average Bonchev–Trinajstić information content (AvgIpc) is 2.53. The summed E-state index contributed by atoms with van der Waals surface area (Å²) >= 11 is 3.27. The highest BCUT2D eigenvalue weighted by atomic mass is 79.9.